The van der Waals surface area contributed by atoms with Crippen molar-refractivity contribution in [2.75, 3.05) is 0 Å². The smallest absolute Gasteiger partial charge is 0.169 e. The van der Waals surface area contributed by atoms with Crippen molar-refractivity contribution in [2.24, 2.45) is 0 Å². The molecule has 1 heterocycles. The standard InChI is InChI=1S/C17H14FNO/c1-11-4-2-5-12(8-11)9-16(20)13-10-19-15-7-3-6-14(18)17(13)15/h2-8,10,19H,9H2,1H3. The molecule has 3 heteroatoms. The van der Waals surface area contributed by atoms with Crippen LogP contribution in [0, 0.1) is 12.7 Å². The lowest BCUT2D eigenvalue weighted by Gasteiger charge is -2.02. The molecule has 0 saturated carbocycles. The number of aromatic amines is 1. The van der Waals surface area contributed by atoms with Gasteiger partial charge in [0, 0.05) is 29.1 Å². The lowest BCUT2D eigenvalue weighted by molar-refractivity contribution is 0.0994. The molecule has 0 aliphatic carbocycles. The maximum absolute atomic E-state index is 13.9. The highest BCUT2D eigenvalue weighted by Crippen LogP contribution is 2.23. The number of H-pyrrole nitrogens is 1. The van der Waals surface area contributed by atoms with Crippen molar-refractivity contribution < 1.29 is 9.18 Å². The van der Waals surface area contributed by atoms with Crippen molar-refractivity contribution in [1.82, 2.24) is 4.98 Å². The lowest BCUT2D eigenvalue weighted by atomic mass is 10.0. The Balaban J connectivity index is 1.97. The molecule has 1 N–H and O–H groups in total. The van der Waals surface area contributed by atoms with Gasteiger partial charge in [0.2, 0.25) is 0 Å². The van der Waals surface area contributed by atoms with Gasteiger partial charge in [0.25, 0.3) is 0 Å². The Labute approximate surface area is 116 Å². The Morgan fingerprint density at radius 1 is 1.20 bits per heavy atom. The number of hydrogen-bond donors (Lipinski definition) is 1. The number of benzene rings is 2. The second kappa shape index (κ2) is 4.93. The molecule has 3 aromatic rings. The maximum Gasteiger partial charge on any atom is 0.169 e. The quantitative estimate of drug-likeness (QED) is 0.714. The SMILES string of the molecule is Cc1cccc(CC(=O)c2c[nH]c3cccc(F)c23)c1. The van der Waals surface area contributed by atoms with E-state index in [4.69, 9.17) is 0 Å². The minimum absolute atomic E-state index is 0.0769. The molecule has 0 amide bonds. The molecule has 0 saturated heterocycles. The lowest BCUT2D eigenvalue weighted by Crippen LogP contribution is -2.03. The molecule has 0 fully saturated rings. The first-order valence-electron chi connectivity index (χ1n) is 6.49. The molecule has 1 aromatic heterocycles. The van der Waals surface area contributed by atoms with Crippen LogP contribution in [0.15, 0.2) is 48.7 Å². The van der Waals surface area contributed by atoms with E-state index in [-0.39, 0.29) is 18.0 Å². The molecule has 20 heavy (non-hydrogen) atoms. The number of nitrogens with one attached hydrogen (secondary N) is 1. The minimum Gasteiger partial charge on any atom is -0.360 e. The van der Waals surface area contributed by atoms with E-state index in [1.165, 1.54) is 6.07 Å². The van der Waals surface area contributed by atoms with Gasteiger partial charge in [-0.3, -0.25) is 4.79 Å². The van der Waals surface area contributed by atoms with E-state index < -0.39 is 0 Å². The Bertz CT molecular complexity index is 789. The molecule has 0 radical (unpaired) electrons. The first kappa shape index (κ1) is 12.6. The first-order chi connectivity index (χ1) is 9.65. The number of carbonyl (C=O) groups is 1. The van der Waals surface area contributed by atoms with Crippen LogP contribution >= 0.6 is 0 Å². The highest BCUT2D eigenvalue weighted by Gasteiger charge is 2.15. The van der Waals surface area contributed by atoms with E-state index >= 15 is 0 Å². The second-order valence-corrected chi connectivity index (χ2v) is 4.95. The van der Waals surface area contributed by atoms with Gasteiger partial charge in [-0.25, -0.2) is 4.39 Å². The van der Waals surface area contributed by atoms with Gasteiger partial charge in [-0.15, -0.1) is 0 Å². The molecule has 2 nitrogen and oxygen atoms in total. The molecule has 3 rings (SSSR count). The van der Waals surface area contributed by atoms with Crippen LogP contribution in [0.1, 0.15) is 21.5 Å². The van der Waals surface area contributed by atoms with E-state index in [0.717, 1.165) is 11.1 Å². The number of aromatic nitrogens is 1. The molecule has 0 atom stereocenters. The van der Waals surface area contributed by atoms with Gasteiger partial charge < -0.3 is 4.98 Å². The number of halogens is 1. The van der Waals surface area contributed by atoms with Crippen molar-refractivity contribution in [3.05, 3.63) is 71.2 Å². The van der Waals surface area contributed by atoms with Crippen LogP contribution in [-0.4, -0.2) is 10.8 Å². The summed E-state index contributed by atoms with van der Waals surface area (Å²) < 4.78 is 13.9. The molecular weight excluding hydrogens is 253 g/mol. The summed E-state index contributed by atoms with van der Waals surface area (Å²) in [5, 5.41) is 0.380. The summed E-state index contributed by atoms with van der Waals surface area (Å²) in [6, 6.07) is 12.6. The monoisotopic (exact) mass is 267 g/mol. The third kappa shape index (κ3) is 2.23. The molecular formula is C17H14FNO. The van der Waals surface area contributed by atoms with E-state index in [1.54, 1.807) is 18.3 Å². The number of Topliss-reactive ketones (excluding diaryl/α,β-unsaturated/α-hetero) is 1. The van der Waals surface area contributed by atoms with Crippen molar-refractivity contribution in [3.63, 3.8) is 0 Å². The Kier molecular flexibility index (Phi) is 3.11. The van der Waals surface area contributed by atoms with E-state index in [0.29, 0.717) is 16.5 Å². The van der Waals surface area contributed by atoms with Crippen LogP contribution in [-0.2, 0) is 6.42 Å². The topological polar surface area (TPSA) is 32.9 Å². The number of aryl methyl sites for hydroxylation is 1. The van der Waals surface area contributed by atoms with Gasteiger partial charge in [0.15, 0.2) is 5.78 Å². The zero-order chi connectivity index (χ0) is 14.1. The minimum atomic E-state index is -0.364. The van der Waals surface area contributed by atoms with Crippen LogP contribution in [0.25, 0.3) is 10.9 Å². The summed E-state index contributed by atoms with van der Waals surface area (Å²) in [7, 11) is 0. The Morgan fingerprint density at radius 3 is 2.80 bits per heavy atom. The van der Waals surface area contributed by atoms with Crippen LogP contribution in [0.4, 0.5) is 4.39 Å². The molecule has 0 bridgehead atoms. The highest BCUT2D eigenvalue weighted by molar-refractivity contribution is 6.08. The fraction of sp³-hybridized carbons (Fsp3) is 0.118. The second-order valence-electron chi connectivity index (χ2n) is 4.95. The average Bonchev–Trinajstić information content (AvgIpc) is 2.84. The fourth-order valence-corrected chi connectivity index (χ4v) is 2.46. The zero-order valence-corrected chi connectivity index (χ0v) is 11.1. The first-order valence-corrected chi connectivity index (χ1v) is 6.49. The van der Waals surface area contributed by atoms with Gasteiger partial charge in [-0.2, -0.15) is 0 Å². The summed E-state index contributed by atoms with van der Waals surface area (Å²) in [4.78, 5) is 15.3. The van der Waals surface area contributed by atoms with E-state index in [2.05, 4.69) is 4.98 Å². The Hall–Kier alpha value is -2.42. The number of carbonyl (C=O) groups excluding carboxylic acids is 1. The molecule has 2 aromatic carbocycles. The predicted molar refractivity (Wildman–Crippen MR) is 77.5 cm³/mol. The van der Waals surface area contributed by atoms with Crippen LogP contribution in [0.5, 0.6) is 0 Å². The van der Waals surface area contributed by atoms with Crippen LogP contribution < -0.4 is 0 Å². The average molecular weight is 267 g/mol. The number of hydrogen-bond acceptors (Lipinski definition) is 1. The number of rotatable bonds is 3. The van der Waals surface area contributed by atoms with Gasteiger partial charge >= 0.3 is 0 Å². The van der Waals surface area contributed by atoms with Crippen molar-refractivity contribution >= 4 is 16.7 Å². The zero-order valence-electron chi connectivity index (χ0n) is 11.1. The van der Waals surface area contributed by atoms with Gasteiger partial charge in [-0.1, -0.05) is 35.9 Å². The van der Waals surface area contributed by atoms with Crippen molar-refractivity contribution in [3.8, 4) is 0 Å². The summed E-state index contributed by atoms with van der Waals surface area (Å²) in [5.74, 6) is -0.441. The summed E-state index contributed by atoms with van der Waals surface area (Å²) >= 11 is 0. The molecule has 0 aliphatic rings. The van der Waals surface area contributed by atoms with Crippen molar-refractivity contribution in [1.29, 1.82) is 0 Å². The third-order valence-corrected chi connectivity index (χ3v) is 3.40. The number of fused-ring (bicyclic) bond motifs is 1. The highest BCUT2D eigenvalue weighted by atomic mass is 19.1. The summed E-state index contributed by atoms with van der Waals surface area (Å²) in [6.45, 7) is 1.99. The van der Waals surface area contributed by atoms with Crippen molar-refractivity contribution in [2.45, 2.75) is 13.3 Å². The Morgan fingerprint density at radius 2 is 2.00 bits per heavy atom. The summed E-state index contributed by atoms with van der Waals surface area (Å²) in [6.07, 6.45) is 1.87. The predicted octanol–water partition coefficient (Wildman–Crippen LogP) is 4.04. The fourth-order valence-electron chi connectivity index (χ4n) is 2.46. The third-order valence-electron chi connectivity index (χ3n) is 3.40. The van der Waals surface area contributed by atoms with Gasteiger partial charge in [-0.05, 0) is 24.6 Å². The maximum atomic E-state index is 13.9. The molecule has 0 aliphatic heterocycles. The van der Waals surface area contributed by atoms with Crippen LogP contribution in [0.2, 0.25) is 0 Å². The van der Waals surface area contributed by atoms with Gasteiger partial charge in [0.1, 0.15) is 5.82 Å². The van der Waals surface area contributed by atoms with Gasteiger partial charge in [0.05, 0.1) is 0 Å². The molecule has 100 valence electrons. The largest absolute Gasteiger partial charge is 0.360 e. The normalized spacial score (nSPS) is 10.9. The summed E-state index contributed by atoms with van der Waals surface area (Å²) in [5.41, 5.74) is 3.12. The molecule has 0 unspecified atom stereocenters. The number of ketones is 1. The van der Waals surface area contributed by atoms with E-state index in [9.17, 15) is 9.18 Å². The van der Waals surface area contributed by atoms with E-state index in [1.807, 2.05) is 31.2 Å². The molecule has 0 spiro atoms. The van der Waals surface area contributed by atoms with Crippen LogP contribution in [0.3, 0.4) is 0 Å².